The molecule has 1 aromatic rings. The van der Waals surface area contributed by atoms with Crippen LogP contribution in [0.2, 0.25) is 0 Å². The van der Waals surface area contributed by atoms with Crippen molar-refractivity contribution in [2.45, 2.75) is 26.3 Å². The van der Waals surface area contributed by atoms with Gasteiger partial charge in [0.05, 0.1) is 0 Å². The van der Waals surface area contributed by atoms with Crippen molar-refractivity contribution in [3.8, 4) is 0 Å². The highest BCUT2D eigenvalue weighted by Gasteiger charge is 2.22. The molecule has 1 N–H and O–H groups in total. The Balaban J connectivity index is 1.99. The number of carboxylic acids is 1. The number of nitrogens with zero attached hydrogens (tertiary/aromatic N) is 1. The number of thiophene rings is 1. The van der Waals surface area contributed by atoms with Crippen LogP contribution in [-0.2, 0) is 6.54 Å². The molecule has 1 unspecified atom stereocenters. The molecule has 1 fully saturated rings. The molecular formula is C12H17NO2S. The Morgan fingerprint density at radius 1 is 1.69 bits per heavy atom. The molecule has 1 aromatic heterocycles. The molecule has 1 saturated heterocycles. The van der Waals surface area contributed by atoms with E-state index < -0.39 is 5.97 Å². The van der Waals surface area contributed by atoms with Crippen molar-refractivity contribution in [2.75, 3.05) is 13.1 Å². The summed E-state index contributed by atoms with van der Waals surface area (Å²) in [5.74, 6) is 0.00292. The Morgan fingerprint density at radius 3 is 3.12 bits per heavy atom. The van der Waals surface area contributed by atoms with Gasteiger partial charge in [-0.15, -0.1) is 11.3 Å². The summed E-state index contributed by atoms with van der Waals surface area (Å²) in [6.07, 6.45) is 2.48. The maximum absolute atomic E-state index is 11.0. The number of carboxylic acid groups (broad SMARTS) is 1. The molecule has 0 aromatic carbocycles. The summed E-state index contributed by atoms with van der Waals surface area (Å²) in [5.41, 5.74) is 0.967. The highest BCUT2D eigenvalue weighted by molar-refractivity contribution is 7.12. The summed E-state index contributed by atoms with van der Waals surface area (Å²) in [4.78, 5) is 13.8. The van der Waals surface area contributed by atoms with E-state index in [0.717, 1.165) is 31.1 Å². The first-order valence-corrected chi connectivity index (χ1v) is 6.60. The van der Waals surface area contributed by atoms with Crippen LogP contribution in [0.4, 0.5) is 0 Å². The van der Waals surface area contributed by atoms with Crippen LogP contribution in [0.1, 0.15) is 35.0 Å². The normalized spacial score (nSPS) is 21.4. The van der Waals surface area contributed by atoms with Crippen LogP contribution in [0.3, 0.4) is 0 Å². The Morgan fingerprint density at radius 2 is 2.50 bits per heavy atom. The number of hydrogen-bond donors (Lipinski definition) is 1. The molecule has 16 heavy (non-hydrogen) atoms. The van der Waals surface area contributed by atoms with Gasteiger partial charge < -0.3 is 5.11 Å². The van der Waals surface area contributed by atoms with Gasteiger partial charge in [-0.3, -0.25) is 4.90 Å². The van der Waals surface area contributed by atoms with Crippen molar-refractivity contribution in [1.29, 1.82) is 0 Å². The molecule has 0 saturated carbocycles. The van der Waals surface area contributed by atoms with E-state index in [4.69, 9.17) is 5.11 Å². The van der Waals surface area contributed by atoms with Gasteiger partial charge in [0.2, 0.25) is 0 Å². The van der Waals surface area contributed by atoms with Crippen LogP contribution in [0.25, 0.3) is 0 Å². The lowest BCUT2D eigenvalue weighted by Crippen LogP contribution is -2.20. The molecule has 4 heteroatoms. The summed E-state index contributed by atoms with van der Waals surface area (Å²) in [5, 5.41) is 10.9. The maximum Gasteiger partial charge on any atom is 0.346 e. The lowest BCUT2D eigenvalue weighted by molar-refractivity contribution is 0.0700. The average Bonchev–Trinajstić information content (AvgIpc) is 2.87. The molecule has 1 aliphatic rings. The topological polar surface area (TPSA) is 40.5 Å². The van der Waals surface area contributed by atoms with Gasteiger partial charge >= 0.3 is 5.97 Å². The molecule has 0 radical (unpaired) electrons. The van der Waals surface area contributed by atoms with E-state index in [1.54, 1.807) is 0 Å². The summed E-state index contributed by atoms with van der Waals surface area (Å²) in [7, 11) is 0. The fraction of sp³-hybridized carbons (Fsp3) is 0.583. The van der Waals surface area contributed by atoms with Crippen LogP contribution in [-0.4, -0.2) is 29.1 Å². The first-order chi connectivity index (χ1) is 7.70. The van der Waals surface area contributed by atoms with Gasteiger partial charge in [-0.2, -0.15) is 0 Å². The number of aromatic carboxylic acids is 1. The maximum atomic E-state index is 11.0. The SMILES string of the molecule is CCC1CCN(Cc2ccsc2C(=O)O)C1. The molecule has 1 atom stereocenters. The molecular weight excluding hydrogens is 222 g/mol. The zero-order chi connectivity index (χ0) is 11.5. The van der Waals surface area contributed by atoms with E-state index in [0.29, 0.717) is 4.88 Å². The Bertz CT molecular complexity index is 375. The van der Waals surface area contributed by atoms with Crippen molar-refractivity contribution in [3.63, 3.8) is 0 Å². The zero-order valence-corrected chi connectivity index (χ0v) is 10.3. The molecule has 0 aliphatic carbocycles. The molecule has 1 aliphatic heterocycles. The number of rotatable bonds is 4. The molecule has 3 nitrogen and oxygen atoms in total. The van der Waals surface area contributed by atoms with Crippen LogP contribution in [0.5, 0.6) is 0 Å². The van der Waals surface area contributed by atoms with Crippen LogP contribution in [0.15, 0.2) is 11.4 Å². The van der Waals surface area contributed by atoms with E-state index in [1.165, 1.54) is 24.2 Å². The molecule has 0 bridgehead atoms. The lowest BCUT2D eigenvalue weighted by atomic mass is 10.1. The van der Waals surface area contributed by atoms with Crippen LogP contribution in [0, 0.1) is 5.92 Å². The predicted molar refractivity (Wildman–Crippen MR) is 65.0 cm³/mol. The summed E-state index contributed by atoms with van der Waals surface area (Å²) in [6, 6.07) is 1.94. The third kappa shape index (κ3) is 2.44. The first kappa shape index (κ1) is 11.6. The minimum Gasteiger partial charge on any atom is -0.477 e. The van der Waals surface area contributed by atoms with Crippen molar-refractivity contribution < 1.29 is 9.90 Å². The largest absolute Gasteiger partial charge is 0.477 e. The third-order valence-electron chi connectivity index (χ3n) is 3.28. The van der Waals surface area contributed by atoms with Crippen molar-refractivity contribution >= 4 is 17.3 Å². The van der Waals surface area contributed by atoms with Crippen LogP contribution >= 0.6 is 11.3 Å². The first-order valence-electron chi connectivity index (χ1n) is 5.72. The summed E-state index contributed by atoms with van der Waals surface area (Å²) >= 11 is 1.32. The smallest absolute Gasteiger partial charge is 0.346 e. The van der Waals surface area contributed by atoms with Crippen molar-refractivity contribution in [1.82, 2.24) is 4.90 Å². The quantitative estimate of drug-likeness (QED) is 0.878. The second-order valence-corrected chi connectivity index (χ2v) is 5.29. The lowest BCUT2D eigenvalue weighted by Gasteiger charge is -2.15. The van der Waals surface area contributed by atoms with Gasteiger partial charge in [0.1, 0.15) is 4.88 Å². The van der Waals surface area contributed by atoms with Gasteiger partial charge in [-0.1, -0.05) is 13.3 Å². The van der Waals surface area contributed by atoms with Crippen molar-refractivity contribution in [3.05, 3.63) is 21.9 Å². The van der Waals surface area contributed by atoms with Gasteiger partial charge in [0, 0.05) is 13.1 Å². The Labute approximate surface area is 99.7 Å². The third-order valence-corrected chi connectivity index (χ3v) is 4.23. The van der Waals surface area contributed by atoms with Crippen LogP contribution < -0.4 is 0 Å². The van der Waals surface area contributed by atoms with Gasteiger partial charge in [0.15, 0.2) is 0 Å². The van der Waals surface area contributed by atoms with E-state index in [-0.39, 0.29) is 0 Å². The van der Waals surface area contributed by atoms with E-state index in [9.17, 15) is 4.79 Å². The number of carbonyl (C=O) groups is 1. The number of hydrogen-bond acceptors (Lipinski definition) is 3. The predicted octanol–water partition coefficient (Wildman–Crippen LogP) is 2.68. The Kier molecular flexibility index (Phi) is 3.61. The fourth-order valence-electron chi connectivity index (χ4n) is 2.28. The molecule has 2 rings (SSSR count). The van der Waals surface area contributed by atoms with Gasteiger partial charge in [0.25, 0.3) is 0 Å². The highest BCUT2D eigenvalue weighted by atomic mass is 32.1. The Hall–Kier alpha value is -0.870. The molecule has 0 spiro atoms. The number of likely N-dealkylation sites (tertiary alicyclic amines) is 1. The molecule has 0 amide bonds. The minimum absolute atomic E-state index is 0.500. The van der Waals surface area contributed by atoms with Gasteiger partial charge in [-0.25, -0.2) is 4.79 Å². The summed E-state index contributed by atoms with van der Waals surface area (Å²) in [6.45, 7) is 5.24. The van der Waals surface area contributed by atoms with E-state index in [2.05, 4.69) is 11.8 Å². The zero-order valence-electron chi connectivity index (χ0n) is 9.48. The minimum atomic E-state index is -0.795. The standard InChI is InChI=1S/C12H17NO2S/c1-2-9-3-5-13(7-9)8-10-4-6-16-11(10)12(14)15/h4,6,9H,2-3,5,7-8H2,1H3,(H,14,15). The second-order valence-electron chi connectivity index (χ2n) is 4.38. The molecule has 88 valence electrons. The monoisotopic (exact) mass is 239 g/mol. The van der Waals surface area contributed by atoms with E-state index >= 15 is 0 Å². The highest BCUT2D eigenvalue weighted by Crippen LogP contribution is 2.24. The molecule has 2 heterocycles. The van der Waals surface area contributed by atoms with Crippen molar-refractivity contribution in [2.24, 2.45) is 5.92 Å². The van der Waals surface area contributed by atoms with Gasteiger partial charge in [-0.05, 0) is 35.9 Å². The summed E-state index contributed by atoms with van der Waals surface area (Å²) < 4.78 is 0. The van der Waals surface area contributed by atoms with E-state index in [1.807, 2.05) is 11.4 Å². The fourth-order valence-corrected chi connectivity index (χ4v) is 3.03. The average molecular weight is 239 g/mol. The second kappa shape index (κ2) is 4.97.